The molecule has 1 aliphatic carbocycles. The zero-order valence-corrected chi connectivity index (χ0v) is 17.6. The average Bonchev–Trinajstić information content (AvgIpc) is 3.40. The second kappa shape index (κ2) is 7.59. The van der Waals surface area contributed by atoms with Gasteiger partial charge < -0.3 is 5.32 Å². The Morgan fingerprint density at radius 1 is 0.839 bits per heavy atom. The number of hydrogen-bond donors (Lipinski definition) is 1. The van der Waals surface area contributed by atoms with Crippen LogP contribution in [0, 0.1) is 0 Å². The van der Waals surface area contributed by atoms with Crippen molar-refractivity contribution in [1.82, 2.24) is 24.8 Å². The molecule has 0 atom stereocenters. The van der Waals surface area contributed by atoms with Crippen LogP contribution >= 0.6 is 11.3 Å². The van der Waals surface area contributed by atoms with Crippen molar-refractivity contribution < 1.29 is 0 Å². The van der Waals surface area contributed by atoms with Crippen molar-refractivity contribution in [3.63, 3.8) is 0 Å². The summed E-state index contributed by atoms with van der Waals surface area (Å²) in [6, 6.07) is 20.8. The molecular weight excluding hydrogens is 404 g/mol. The quantitative estimate of drug-likeness (QED) is 0.410. The maximum Gasteiger partial charge on any atom is 0.249 e. The minimum absolute atomic E-state index is 0.514. The van der Waals surface area contributed by atoms with E-state index >= 15 is 0 Å². The Hall–Kier alpha value is -3.58. The van der Waals surface area contributed by atoms with Crippen molar-refractivity contribution >= 4 is 28.1 Å². The van der Waals surface area contributed by atoms with E-state index in [0.717, 1.165) is 33.9 Å². The van der Waals surface area contributed by atoms with Gasteiger partial charge in [0.05, 0.1) is 11.4 Å². The van der Waals surface area contributed by atoms with Crippen LogP contribution in [0.15, 0.2) is 66.0 Å². The fraction of sp³-hybridized carbons (Fsp3) is 0.167. The van der Waals surface area contributed by atoms with Crippen LogP contribution < -0.4 is 5.32 Å². The molecule has 0 saturated carbocycles. The third-order valence-electron chi connectivity index (χ3n) is 5.70. The van der Waals surface area contributed by atoms with E-state index < -0.39 is 0 Å². The predicted molar refractivity (Wildman–Crippen MR) is 124 cm³/mol. The summed E-state index contributed by atoms with van der Waals surface area (Å²) in [7, 11) is 0. The van der Waals surface area contributed by atoms with Gasteiger partial charge >= 0.3 is 0 Å². The monoisotopic (exact) mass is 424 g/mol. The molecule has 7 heteroatoms. The minimum Gasteiger partial charge on any atom is -0.306 e. The number of thiazole rings is 1. The summed E-state index contributed by atoms with van der Waals surface area (Å²) in [5.74, 6) is 1.14. The van der Waals surface area contributed by atoms with Crippen molar-refractivity contribution in [2.24, 2.45) is 0 Å². The molecule has 0 amide bonds. The molecular formula is C24H20N6S. The first kappa shape index (κ1) is 18.2. The minimum atomic E-state index is 0.514. The first-order valence-corrected chi connectivity index (χ1v) is 11.3. The highest BCUT2D eigenvalue weighted by Crippen LogP contribution is 2.28. The van der Waals surface area contributed by atoms with E-state index in [0.29, 0.717) is 11.8 Å². The highest BCUT2D eigenvalue weighted by atomic mass is 32.1. The van der Waals surface area contributed by atoms with Crippen LogP contribution in [0.25, 0.3) is 27.5 Å². The zero-order chi connectivity index (χ0) is 20.6. The number of aromatic nitrogens is 5. The Bertz CT molecular complexity index is 1350. The number of fused-ring (bicyclic) bond motifs is 2. The molecule has 0 radical (unpaired) electrons. The van der Waals surface area contributed by atoms with Crippen molar-refractivity contribution in [1.29, 1.82) is 0 Å². The van der Waals surface area contributed by atoms with Gasteiger partial charge in [0, 0.05) is 16.5 Å². The van der Waals surface area contributed by atoms with E-state index in [2.05, 4.69) is 61.3 Å². The van der Waals surface area contributed by atoms with Crippen LogP contribution in [0.1, 0.15) is 24.0 Å². The van der Waals surface area contributed by atoms with Crippen LogP contribution in [0.3, 0.4) is 0 Å². The van der Waals surface area contributed by atoms with E-state index in [4.69, 9.17) is 0 Å². The van der Waals surface area contributed by atoms with Gasteiger partial charge in [0.15, 0.2) is 5.82 Å². The molecule has 31 heavy (non-hydrogen) atoms. The molecule has 0 saturated heterocycles. The number of anilines is 2. The molecule has 6 nitrogen and oxygen atoms in total. The Kier molecular flexibility index (Phi) is 4.46. The number of aryl methyl sites for hydroxylation is 2. The van der Waals surface area contributed by atoms with Crippen molar-refractivity contribution in [3.05, 3.63) is 77.2 Å². The van der Waals surface area contributed by atoms with Gasteiger partial charge in [-0.15, -0.1) is 26.6 Å². The van der Waals surface area contributed by atoms with Gasteiger partial charge in [-0.1, -0.05) is 42.5 Å². The summed E-state index contributed by atoms with van der Waals surface area (Å²) in [5.41, 5.74) is 7.05. The molecule has 0 aliphatic heterocycles. The number of benzene rings is 2. The molecule has 0 spiro atoms. The van der Waals surface area contributed by atoms with Gasteiger partial charge in [-0.25, -0.2) is 4.52 Å². The lowest BCUT2D eigenvalue weighted by Gasteiger charge is -2.16. The Balaban J connectivity index is 1.24. The predicted octanol–water partition coefficient (Wildman–Crippen LogP) is 5.54. The smallest absolute Gasteiger partial charge is 0.249 e. The molecule has 3 heterocycles. The average molecular weight is 425 g/mol. The van der Waals surface area contributed by atoms with Gasteiger partial charge in [0.1, 0.15) is 0 Å². The lowest BCUT2D eigenvalue weighted by atomic mass is 9.90. The van der Waals surface area contributed by atoms with E-state index in [9.17, 15) is 0 Å². The Labute approximate surface area is 183 Å². The third kappa shape index (κ3) is 3.47. The number of nitrogens with zero attached hydrogens (tertiary/aromatic N) is 5. The number of nitrogens with one attached hydrogen (secondary N) is 1. The topological polar surface area (TPSA) is 68.0 Å². The van der Waals surface area contributed by atoms with Gasteiger partial charge in [0.25, 0.3) is 0 Å². The molecule has 0 unspecified atom stereocenters. The van der Waals surface area contributed by atoms with Crippen LogP contribution in [0.2, 0.25) is 0 Å². The molecule has 6 rings (SSSR count). The summed E-state index contributed by atoms with van der Waals surface area (Å²) in [6.45, 7) is 0. The van der Waals surface area contributed by atoms with Crippen LogP contribution in [0.5, 0.6) is 0 Å². The number of hydrogen-bond acceptors (Lipinski definition) is 6. The summed E-state index contributed by atoms with van der Waals surface area (Å²) >= 11 is 1.56. The second-order valence-corrected chi connectivity index (χ2v) is 8.57. The second-order valence-electron chi connectivity index (χ2n) is 7.74. The third-order valence-corrected chi connectivity index (χ3v) is 6.52. The largest absolute Gasteiger partial charge is 0.306 e. The van der Waals surface area contributed by atoms with Gasteiger partial charge in [0.2, 0.25) is 10.9 Å². The van der Waals surface area contributed by atoms with Crippen molar-refractivity contribution in [2.45, 2.75) is 25.7 Å². The first-order chi connectivity index (χ1) is 15.3. The molecule has 0 bridgehead atoms. The maximum atomic E-state index is 4.61. The van der Waals surface area contributed by atoms with Gasteiger partial charge in [-0.2, -0.15) is 4.98 Å². The van der Waals surface area contributed by atoms with Gasteiger partial charge in [-0.05, 0) is 55.0 Å². The maximum absolute atomic E-state index is 4.61. The van der Waals surface area contributed by atoms with Crippen molar-refractivity contribution in [3.8, 4) is 22.5 Å². The van der Waals surface area contributed by atoms with E-state index in [1.807, 2.05) is 34.8 Å². The standard InChI is InChI=1S/C24H20N6S/c1-2-7-17(8-3-1)21-15-31-24-26-23(29-30(21)24)25-22-13-12-20(27-28-22)19-11-10-16-6-4-5-9-18(16)14-19/h1-3,7-8,10-15H,4-6,9H2,(H,25,28,29). The van der Waals surface area contributed by atoms with Crippen LogP contribution in [-0.2, 0) is 12.8 Å². The highest BCUT2D eigenvalue weighted by molar-refractivity contribution is 7.15. The molecule has 5 aromatic rings. The number of rotatable bonds is 4. The van der Waals surface area contributed by atoms with E-state index in [1.165, 1.54) is 30.4 Å². The zero-order valence-electron chi connectivity index (χ0n) is 16.8. The SMILES string of the molecule is c1ccc(-c2csc3nc(Nc4ccc(-c5ccc6c(c5)CCCC6)nn4)nn23)cc1. The molecule has 0 fully saturated rings. The summed E-state index contributed by atoms with van der Waals surface area (Å²) in [4.78, 5) is 5.41. The molecule has 1 N–H and O–H groups in total. The molecule has 1 aliphatic rings. The summed E-state index contributed by atoms with van der Waals surface area (Å²) in [6.07, 6.45) is 4.90. The summed E-state index contributed by atoms with van der Waals surface area (Å²) in [5, 5.41) is 18.6. The molecule has 2 aromatic carbocycles. The lowest BCUT2D eigenvalue weighted by molar-refractivity contribution is 0.686. The van der Waals surface area contributed by atoms with Crippen LogP contribution in [0.4, 0.5) is 11.8 Å². The Morgan fingerprint density at radius 3 is 2.55 bits per heavy atom. The normalized spacial score (nSPS) is 13.3. The van der Waals surface area contributed by atoms with E-state index in [-0.39, 0.29) is 0 Å². The summed E-state index contributed by atoms with van der Waals surface area (Å²) < 4.78 is 1.86. The van der Waals surface area contributed by atoms with E-state index in [1.54, 1.807) is 11.3 Å². The first-order valence-electron chi connectivity index (χ1n) is 10.5. The van der Waals surface area contributed by atoms with Gasteiger partial charge in [-0.3, -0.25) is 0 Å². The highest BCUT2D eigenvalue weighted by Gasteiger charge is 2.13. The fourth-order valence-electron chi connectivity index (χ4n) is 4.10. The molecule has 3 aromatic heterocycles. The lowest BCUT2D eigenvalue weighted by Crippen LogP contribution is -2.03. The Morgan fingerprint density at radius 2 is 1.71 bits per heavy atom. The van der Waals surface area contributed by atoms with Crippen molar-refractivity contribution in [2.75, 3.05) is 5.32 Å². The fourth-order valence-corrected chi connectivity index (χ4v) is 4.93. The van der Waals surface area contributed by atoms with Crippen LogP contribution in [-0.4, -0.2) is 24.8 Å². The molecule has 152 valence electrons.